The Morgan fingerprint density at radius 3 is 1.24 bits per heavy atom. The highest BCUT2D eigenvalue weighted by molar-refractivity contribution is 7.80. The monoisotopic (exact) mass is 1580 g/mol. The van der Waals surface area contributed by atoms with Crippen LogP contribution in [0.3, 0.4) is 0 Å². The quantitative estimate of drug-likeness (QED) is 0.0125. The predicted octanol–water partition coefficient (Wildman–Crippen LogP) is -6.73. The number of nitrogens with two attached hydrogens (primary N) is 6. The molecule has 0 fully saturated rings. The highest BCUT2D eigenvalue weighted by Gasteiger charge is 2.40. The summed E-state index contributed by atoms with van der Waals surface area (Å²) in [5.41, 5.74) is 34.0. The first kappa shape index (κ1) is 97.5. The zero-order chi connectivity index (χ0) is 83.8. The number of primary amides is 1. The number of nitrogens with zero attached hydrogens (tertiary/aromatic N) is 2. The van der Waals surface area contributed by atoms with E-state index in [1.165, 1.54) is 34.6 Å². The highest BCUT2D eigenvalue weighted by atomic mass is 32.1. The average Bonchev–Trinajstić information content (AvgIpc) is 0.847. The van der Waals surface area contributed by atoms with Crippen LogP contribution in [0.4, 0.5) is 0 Å². The van der Waals surface area contributed by atoms with Crippen molar-refractivity contribution < 1.29 is 102 Å². The van der Waals surface area contributed by atoms with Crippen molar-refractivity contribution >= 4 is 119 Å². The predicted molar refractivity (Wildman–Crippen MR) is 402 cm³/mol. The number of carboxylic acid groups (broad SMARTS) is 3. The van der Waals surface area contributed by atoms with Gasteiger partial charge in [-0.2, -0.15) is 12.6 Å². The number of hydrogen-bond acceptors (Lipinski definition) is 22. The third-order valence-corrected chi connectivity index (χ3v) is 17.3. The van der Waals surface area contributed by atoms with Gasteiger partial charge in [-0.05, 0) is 87.5 Å². The van der Waals surface area contributed by atoms with E-state index in [-0.39, 0.29) is 82.3 Å². The van der Waals surface area contributed by atoms with Crippen LogP contribution in [-0.4, -0.2) is 242 Å². The summed E-state index contributed by atoms with van der Waals surface area (Å²) in [5.74, 6) is -21.0. The Morgan fingerprint density at radius 1 is 0.427 bits per heavy atom. The van der Waals surface area contributed by atoms with Crippen LogP contribution < -0.4 is 98.2 Å². The van der Waals surface area contributed by atoms with Crippen molar-refractivity contribution in [2.24, 2.45) is 68.1 Å². The normalized spacial score (nSPS) is 15.2. The lowest BCUT2D eigenvalue weighted by molar-refractivity contribution is -0.144. The molecule has 618 valence electrons. The minimum absolute atomic E-state index is 0.0160. The Morgan fingerprint density at radius 2 is 0.791 bits per heavy atom. The lowest BCUT2D eigenvalue weighted by atomic mass is 9.95. The molecule has 0 bridgehead atoms. The van der Waals surface area contributed by atoms with Crippen LogP contribution in [-0.2, 0) is 83.1 Å². The van der Waals surface area contributed by atoms with Crippen molar-refractivity contribution in [3.8, 4) is 0 Å². The van der Waals surface area contributed by atoms with Gasteiger partial charge in [-0.1, -0.05) is 92.1 Å². The molecular formula is C68H114N20O21S. The van der Waals surface area contributed by atoms with Crippen LogP contribution in [0.25, 0.3) is 0 Å². The summed E-state index contributed by atoms with van der Waals surface area (Å²) in [6, 6.07) is -12.1. The number of rotatable bonds is 53. The Labute approximate surface area is 642 Å². The van der Waals surface area contributed by atoms with Gasteiger partial charge in [0.2, 0.25) is 76.8 Å². The minimum Gasteiger partial charge on any atom is -0.481 e. The molecule has 0 radical (unpaired) electrons. The van der Waals surface area contributed by atoms with Crippen LogP contribution >= 0.6 is 12.6 Å². The van der Waals surface area contributed by atoms with Gasteiger partial charge in [-0.15, -0.1) is 0 Å². The second-order valence-electron chi connectivity index (χ2n) is 27.4. The molecule has 0 saturated carbocycles. The standard InChI is InChI=1S/C68H114N20O21S/c1-10-35(8)52(87-57(99)40(19-15-27-76-68(73)74)77-58(100)43(28-32(2)3)81-59(101)44(29-37-16-12-11-13-17-37)82-65(107)53(36(9)90)88-54(96)38(69)20-24-48(92)93)64(106)86-51(34(6)7)62(104)79-41(21-23-47(70)91)56(98)84-46(31-110)61(103)78-39(18-14-26-75-67(71)72)55(97)83-45(30-89)60(102)85-50(33(4)5)63(105)80-42(66(108)109)22-25-49(94)95/h11-13,16-17,32-36,38-46,50-53,89-90,110H,10,14-15,18-31,69H2,1-9H3,(H2,70,91)(H,77,100)(H,78,103)(H,79,104)(H,80,105)(H,81,101)(H,82,107)(H,83,97)(H,84,98)(H,85,102)(H,86,106)(H,87,99)(H,88,96)(H,92,93)(H,94,95)(H,108,109)(H4,71,72,75)(H4,73,74,76)/t35-,36+,38-,39-,40-,41-,42-,43-,44-,45-,46-,50-,51-,52-,53-/m0/s1. The number of aliphatic carboxylic acids is 3. The lowest BCUT2D eigenvalue weighted by Crippen LogP contribution is -2.62. The molecule has 41 nitrogen and oxygen atoms in total. The van der Waals surface area contributed by atoms with Gasteiger partial charge in [0.1, 0.15) is 72.5 Å². The van der Waals surface area contributed by atoms with Gasteiger partial charge in [0, 0.05) is 44.5 Å². The molecule has 0 heterocycles. The number of carbonyl (C=O) groups excluding carboxylic acids is 13. The number of aliphatic hydroxyl groups excluding tert-OH is 2. The van der Waals surface area contributed by atoms with E-state index in [2.05, 4.69) is 86.4 Å². The summed E-state index contributed by atoms with van der Waals surface area (Å²) in [5, 5.41) is 78.3. The van der Waals surface area contributed by atoms with Gasteiger partial charge in [0.15, 0.2) is 11.9 Å². The fourth-order valence-corrected chi connectivity index (χ4v) is 10.8. The molecule has 29 N–H and O–H groups in total. The molecule has 0 aromatic heterocycles. The van der Waals surface area contributed by atoms with Crippen molar-refractivity contribution in [1.29, 1.82) is 0 Å². The molecule has 0 spiro atoms. The molecular weight excluding hydrogens is 1460 g/mol. The molecule has 13 amide bonds. The van der Waals surface area contributed by atoms with Gasteiger partial charge < -0.3 is 124 Å². The molecule has 42 heteroatoms. The second kappa shape index (κ2) is 50.3. The molecule has 1 aromatic rings. The molecule has 1 aromatic carbocycles. The maximum atomic E-state index is 14.7. The Hall–Kier alpha value is -10.5. The molecule has 1 rings (SSSR count). The number of aliphatic imine (C=N–C) groups is 2. The van der Waals surface area contributed by atoms with E-state index in [1.54, 1.807) is 58.0 Å². The van der Waals surface area contributed by atoms with E-state index in [0.29, 0.717) is 5.56 Å². The average molecular weight is 1580 g/mol. The molecule has 0 saturated heterocycles. The first-order chi connectivity index (χ1) is 51.5. The molecule has 15 atom stereocenters. The fraction of sp³-hybridized carbons (Fsp3) is 0.647. The number of nitrogens with one attached hydrogen (secondary N) is 12. The summed E-state index contributed by atoms with van der Waals surface area (Å²) in [6.45, 7) is 12.7. The van der Waals surface area contributed by atoms with E-state index in [4.69, 9.17) is 44.6 Å². The van der Waals surface area contributed by atoms with E-state index in [1.807, 2.05) is 0 Å². The van der Waals surface area contributed by atoms with Gasteiger partial charge >= 0.3 is 17.9 Å². The Balaban J connectivity index is 3.69. The smallest absolute Gasteiger partial charge is 0.326 e. The third-order valence-electron chi connectivity index (χ3n) is 17.0. The molecule has 0 aliphatic heterocycles. The number of benzene rings is 1. The summed E-state index contributed by atoms with van der Waals surface area (Å²) < 4.78 is 0. The zero-order valence-corrected chi connectivity index (χ0v) is 64.3. The van der Waals surface area contributed by atoms with Crippen LogP contribution in [0.2, 0.25) is 0 Å². The van der Waals surface area contributed by atoms with E-state index >= 15 is 0 Å². The molecule has 110 heavy (non-hydrogen) atoms. The number of carbonyl (C=O) groups is 16. The third kappa shape index (κ3) is 37.1. The highest BCUT2D eigenvalue weighted by Crippen LogP contribution is 2.16. The summed E-state index contributed by atoms with van der Waals surface area (Å²) in [6.07, 6.45) is -4.96. The van der Waals surface area contributed by atoms with Crippen molar-refractivity contribution in [2.75, 3.05) is 25.4 Å². The summed E-state index contributed by atoms with van der Waals surface area (Å²) in [4.78, 5) is 223. The van der Waals surface area contributed by atoms with E-state index < -0.39 is 242 Å². The van der Waals surface area contributed by atoms with Gasteiger partial charge in [0.25, 0.3) is 0 Å². The zero-order valence-electron chi connectivity index (χ0n) is 63.4. The van der Waals surface area contributed by atoms with E-state index in [9.17, 15) is 92.0 Å². The fourth-order valence-electron chi connectivity index (χ4n) is 10.5. The van der Waals surface area contributed by atoms with E-state index in [0.717, 1.165) is 0 Å². The molecule has 0 aliphatic carbocycles. The SMILES string of the molecule is CC[C@H](C)[C@H](NC(=O)[C@H](CCCN=C(N)N)NC(=O)[C@H](CC(C)C)NC(=O)[C@H](Cc1ccccc1)NC(=O)[C@@H](NC(=O)[C@@H](N)CCC(=O)O)[C@@H](C)O)C(=O)N[C@H](C(=O)N[C@@H](CCC(N)=O)C(=O)N[C@@H](CS)C(=O)N[C@@H](CCCN=C(N)N)C(=O)N[C@@H](CO)C(=O)N[C@H](C(=O)N[C@@H](CCC(=O)O)C(=O)O)C(C)C)C(C)C. The maximum Gasteiger partial charge on any atom is 0.326 e. The molecule has 0 unspecified atom stereocenters. The van der Waals surface area contributed by atoms with Crippen LogP contribution in [0.1, 0.15) is 145 Å². The first-order valence-corrected chi connectivity index (χ1v) is 36.5. The summed E-state index contributed by atoms with van der Waals surface area (Å²) >= 11 is 4.23. The number of hydrogen-bond donors (Lipinski definition) is 24. The van der Waals surface area contributed by atoms with Crippen molar-refractivity contribution in [2.45, 2.75) is 230 Å². The number of amides is 13. The van der Waals surface area contributed by atoms with Gasteiger partial charge in [-0.25, -0.2) is 4.79 Å². The Bertz CT molecular complexity index is 3340. The van der Waals surface area contributed by atoms with Gasteiger partial charge in [-0.3, -0.25) is 81.9 Å². The number of carboxylic acids is 3. The first-order valence-electron chi connectivity index (χ1n) is 35.9. The summed E-state index contributed by atoms with van der Waals surface area (Å²) in [7, 11) is 0. The van der Waals surface area contributed by atoms with Crippen LogP contribution in [0, 0.1) is 23.7 Å². The van der Waals surface area contributed by atoms with Gasteiger partial charge in [0.05, 0.1) is 18.8 Å². The number of thiol groups is 1. The maximum absolute atomic E-state index is 14.7. The number of guanidine groups is 2. The molecule has 0 aliphatic rings. The minimum atomic E-state index is -1.83. The van der Waals surface area contributed by atoms with Crippen LogP contribution in [0.15, 0.2) is 40.3 Å². The Kier molecular flexibility index (Phi) is 44.6. The lowest BCUT2D eigenvalue weighted by Gasteiger charge is -2.31. The largest absolute Gasteiger partial charge is 0.481 e. The van der Waals surface area contributed by atoms with Crippen molar-refractivity contribution in [3.63, 3.8) is 0 Å². The van der Waals surface area contributed by atoms with Crippen LogP contribution in [0.5, 0.6) is 0 Å². The van der Waals surface area contributed by atoms with Crippen molar-refractivity contribution in [1.82, 2.24) is 63.8 Å². The second-order valence-corrected chi connectivity index (χ2v) is 27.8. The topological polar surface area (TPSA) is 699 Å². The number of aliphatic hydroxyl groups is 2. The van der Waals surface area contributed by atoms with Crippen molar-refractivity contribution in [3.05, 3.63) is 35.9 Å².